The van der Waals surface area contributed by atoms with Gasteiger partial charge in [0.2, 0.25) is 0 Å². The van der Waals surface area contributed by atoms with Crippen LogP contribution in [0.25, 0.3) is 0 Å². The second-order valence-electron chi connectivity index (χ2n) is 2.97. The summed E-state index contributed by atoms with van der Waals surface area (Å²) < 4.78 is 0. The van der Waals surface area contributed by atoms with Crippen LogP contribution in [0.1, 0.15) is 13.3 Å². The molecule has 0 rings (SSSR count). The predicted molar refractivity (Wildman–Crippen MR) is 52.3 cm³/mol. The summed E-state index contributed by atoms with van der Waals surface area (Å²) in [5.41, 5.74) is 0. The number of rotatable bonds is 5. The first-order chi connectivity index (χ1) is 5.04. The van der Waals surface area contributed by atoms with E-state index in [-0.39, 0.29) is 19.0 Å². The number of halogens is 1. The van der Waals surface area contributed by atoms with E-state index in [1.54, 1.807) is 0 Å². The molecule has 3 nitrogen and oxygen atoms in total. The van der Waals surface area contributed by atoms with E-state index in [0.29, 0.717) is 6.16 Å². The van der Waals surface area contributed by atoms with Crippen LogP contribution in [0.3, 0.4) is 0 Å². The quantitative estimate of drug-likeness (QED) is 0.638. The van der Waals surface area contributed by atoms with Crippen LogP contribution >= 0.6 is 20.8 Å². The van der Waals surface area contributed by atoms with Crippen LogP contribution in [0, 0.1) is 0 Å². The van der Waals surface area contributed by atoms with Gasteiger partial charge in [-0.05, 0) is 0 Å². The topological polar surface area (TPSA) is 60.7 Å². The summed E-state index contributed by atoms with van der Waals surface area (Å²) in [5, 5.41) is 24.5. The van der Waals surface area contributed by atoms with Crippen molar-refractivity contribution in [2.45, 2.75) is 13.3 Å². The molecule has 3 N–H and O–H groups in total. The van der Waals surface area contributed by atoms with Gasteiger partial charge in [0.25, 0.3) is 0 Å². The summed E-state index contributed by atoms with van der Waals surface area (Å²) in [4.78, 5) is 0. The van der Waals surface area contributed by atoms with Crippen LogP contribution in [0.15, 0.2) is 0 Å². The standard InChI is InChI=1S/C6H16BrO3P/c1-2-3-11(7,4-8,5-9)6-10/h8-10H,2-6H2,1H3. The second-order valence-corrected chi connectivity index (χ2v) is 13.9. The number of hydrogen-bond acceptors (Lipinski definition) is 3. The first-order valence-electron chi connectivity index (χ1n) is 3.59. The summed E-state index contributed by atoms with van der Waals surface area (Å²) in [5.74, 6) is 0. The van der Waals surface area contributed by atoms with E-state index in [1.165, 1.54) is 0 Å². The fraction of sp³-hybridized carbons (Fsp3) is 1.00. The molecule has 0 aromatic rings. The maximum absolute atomic E-state index is 9.06. The fourth-order valence-electron chi connectivity index (χ4n) is 0.905. The Morgan fingerprint density at radius 1 is 1.09 bits per heavy atom. The van der Waals surface area contributed by atoms with Crippen LogP contribution in [0.4, 0.5) is 0 Å². The van der Waals surface area contributed by atoms with Crippen molar-refractivity contribution in [1.82, 2.24) is 0 Å². The third-order valence-corrected chi connectivity index (χ3v) is 8.61. The Kier molecular flexibility index (Phi) is 4.45. The average Bonchev–Trinajstić information content (AvgIpc) is 2.06. The molecule has 70 valence electrons. The molecule has 0 amide bonds. The zero-order chi connectivity index (χ0) is 8.98. The van der Waals surface area contributed by atoms with Crippen LogP contribution in [0.5, 0.6) is 0 Å². The molecule has 0 fully saturated rings. The van der Waals surface area contributed by atoms with E-state index in [2.05, 4.69) is 15.5 Å². The van der Waals surface area contributed by atoms with Gasteiger partial charge in [0.05, 0.1) is 0 Å². The molecule has 0 unspecified atom stereocenters. The molecule has 0 saturated carbocycles. The van der Waals surface area contributed by atoms with Gasteiger partial charge >= 0.3 is 74.7 Å². The van der Waals surface area contributed by atoms with Gasteiger partial charge in [0, 0.05) is 0 Å². The first kappa shape index (κ1) is 11.8. The monoisotopic (exact) mass is 246 g/mol. The van der Waals surface area contributed by atoms with E-state index in [1.807, 2.05) is 6.92 Å². The Morgan fingerprint density at radius 2 is 1.45 bits per heavy atom. The van der Waals surface area contributed by atoms with Gasteiger partial charge in [-0.25, -0.2) is 0 Å². The summed E-state index contributed by atoms with van der Waals surface area (Å²) >= 11 is 3.33. The molecular weight excluding hydrogens is 231 g/mol. The van der Waals surface area contributed by atoms with Gasteiger partial charge in [0.1, 0.15) is 0 Å². The van der Waals surface area contributed by atoms with Crippen molar-refractivity contribution in [2.24, 2.45) is 0 Å². The minimum absolute atomic E-state index is 0.133. The molecule has 0 spiro atoms. The number of aliphatic hydroxyl groups is 3. The Balaban J connectivity index is 4.44. The first-order valence-corrected chi connectivity index (χ1v) is 8.59. The van der Waals surface area contributed by atoms with Crippen LogP contribution in [0.2, 0.25) is 0 Å². The van der Waals surface area contributed by atoms with Crippen molar-refractivity contribution >= 4 is 20.8 Å². The van der Waals surface area contributed by atoms with Gasteiger partial charge < -0.3 is 0 Å². The third-order valence-electron chi connectivity index (χ3n) is 1.84. The Morgan fingerprint density at radius 3 is 1.55 bits per heavy atom. The molecule has 0 heterocycles. The maximum atomic E-state index is 9.06. The SMILES string of the molecule is CCCP(Br)(CO)(CO)CO. The van der Waals surface area contributed by atoms with E-state index in [4.69, 9.17) is 15.3 Å². The van der Waals surface area contributed by atoms with Crippen molar-refractivity contribution in [3.05, 3.63) is 0 Å². The zero-order valence-electron chi connectivity index (χ0n) is 6.70. The molecule has 11 heavy (non-hydrogen) atoms. The van der Waals surface area contributed by atoms with E-state index < -0.39 is 5.31 Å². The summed E-state index contributed by atoms with van der Waals surface area (Å²) in [6, 6.07) is 0. The summed E-state index contributed by atoms with van der Waals surface area (Å²) in [6.07, 6.45) is 1.13. The van der Waals surface area contributed by atoms with E-state index in [9.17, 15) is 0 Å². The fourth-order valence-corrected chi connectivity index (χ4v) is 3.78. The van der Waals surface area contributed by atoms with Gasteiger partial charge in [0.15, 0.2) is 0 Å². The predicted octanol–water partition coefficient (Wildman–Crippen LogP) is 1.11. The molecule has 0 saturated heterocycles. The van der Waals surface area contributed by atoms with Crippen molar-refractivity contribution in [1.29, 1.82) is 0 Å². The second kappa shape index (κ2) is 4.15. The molecule has 0 radical (unpaired) electrons. The molecule has 0 bridgehead atoms. The molecule has 0 aliphatic carbocycles. The normalized spacial score (nSPS) is 15.9. The van der Waals surface area contributed by atoms with Crippen LogP contribution < -0.4 is 0 Å². The Bertz CT molecular complexity index is 116. The van der Waals surface area contributed by atoms with E-state index in [0.717, 1.165) is 6.42 Å². The third kappa shape index (κ3) is 2.63. The molecule has 0 aromatic carbocycles. The van der Waals surface area contributed by atoms with Crippen molar-refractivity contribution in [2.75, 3.05) is 25.2 Å². The molecule has 0 aliphatic heterocycles. The average molecular weight is 247 g/mol. The Hall–Kier alpha value is 0.790. The molecule has 0 aliphatic rings. The van der Waals surface area contributed by atoms with Crippen molar-refractivity contribution in [3.8, 4) is 0 Å². The van der Waals surface area contributed by atoms with Crippen molar-refractivity contribution < 1.29 is 15.3 Å². The van der Waals surface area contributed by atoms with E-state index >= 15 is 0 Å². The molecule has 0 aromatic heterocycles. The number of aliphatic hydroxyl groups excluding tert-OH is 3. The van der Waals surface area contributed by atoms with Crippen LogP contribution in [-0.2, 0) is 0 Å². The summed E-state index contributed by atoms with van der Waals surface area (Å²) in [6.45, 7) is 1.96. The molecule has 5 heteroatoms. The van der Waals surface area contributed by atoms with Gasteiger partial charge in [-0.1, -0.05) is 0 Å². The number of hydrogen-bond donors (Lipinski definition) is 3. The molecule has 0 atom stereocenters. The minimum atomic E-state index is -2.70. The van der Waals surface area contributed by atoms with Gasteiger partial charge in [-0.3, -0.25) is 0 Å². The van der Waals surface area contributed by atoms with Crippen LogP contribution in [-0.4, -0.2) is 40.5 Å². The Labute approximate surface area is 75.1 Å². The zero-order valence-corrected chi connectivity index (χ0v) is 9.18. The van der Waals surface area contributed by atoms with Gasteiger partial charge in [-0.2, -0.15) is 0 Å². The van der Waals surface area contributed by atoms with Crippen molar-refractivity contribution in [3.63, 3.8) is 0 Å². The summed E-state index contributed by atoms with van der Waals surface area (Å²) in [7, 11) is 0. The molecular formula is C6H16BrO3P. The van der Waals surface area contributed by atoms with Gasteiger partial charge in [-0.15, -0.1) is 0 Å².